The lowest BCUT2D eigenvalue weighted by molar-refractivity contribution is -0.123. The van der Waals surface area contributed by atoms with E-state index in [0.717, 1.165) is 10.9 Å². The Morgan fingerprint density at radius 2 is 1.76 bits per heavy atom. The molecular formula is C25H18ClFN6O4. The lowest BCUT2D eigenvalue weighted by Crippen LogP contribution is -2.36. The number of carbonyl (C=O) groups excluding carboxylic acids is 2. The van der Waals surface area contributed by atoms with Gasteiger partial charge >= 0.3 is 5.97 Å². The molecule has 1 aromatic heterocycles. The van der Waals surface area contributed by atoms with Crippen LogP contribution >= 0.6 is 11.6 Å². The first-order valence-corrected chi connectivity index (χ1v) is 11.1. The lowest BCUT2D eigenvalue weighted by Gasteiger charge is -2.18. The number of halogens is 2. The molecule has 0 aliphatic carbocycles. The van der Waals surface area contributed by atoms with Gasteiger partial charge in [0.05, 0.1) is 16.3 Å². The van der Waals surface area contributed by atoms with Crippen molar-refractivity contribution < 1.29 is 23.9 Å². The predicted octanol–water partition coefficient (Wildman–Crippen LogP) is 3.66. The molecule has 0 unspecified atom stereocenters. The molecule has 186 valence electrons. The van der Waals surface area contributed by atoms with Crippen LogP contribution in [0.4, 0.5) is 10.1 Å². The molecule has 0 bridgehead atoms. The maximum Gasteiger partial charge on any atom is 0.335 e. The number of anilines is 1. The van der Waals surface area contributed by atoms with Gasteiger partial charge in [0.15, 0.2) is 12.1 Å². The number of benzene rings is 3. The van der Waals surface area contributed by atoms with Crippen molar-refractivity contribution in [1.29, 1.82) is 0 Å². The van der Waals surface area contributed by atoms with Gasteiger partial charge in [0.2, 0.25) is 5.91 Å². The van der Waals surface area contributed by atoms with E-state index < -0.39 is 29.6 Å². The largest absolute Gasteiger partial charge is 0.478 e. The zero-order chi connectivity index (χ0) is 26.4. The van der Waals surface area contributed by atoms with Gasteiger partial charge < -0.3 is 15.7 Å². The summed E-state index contributed by atoms with van der Waals surface area (Å²) in [7, 11) is 0. The summed E-state index contributed by atoms with van der Waals surface area (Å²) in [6.07, 6.45) is 3.42. The Kier molecular flexibility index (Phi) is 7.65. The van der Waals surface area contributed by atoms with Crippen molar-refractivity contribution >= 4 is 41.1 Å². The highest BCUT2D eigenvalue weighted by Crippen LogP contribution is 2.25. The van der Waals surface area contributed by atoms with Gasteiger partial charge in [-0.05, 0) is 53.3 Å². The third-order valence-electron chi connectivity index (χ3n) is 5.16. The summed E-state index contributed by atoms with van der Waals surface area (Å²) in [5.74, 6) is -3.15. The van der Waals surface area contributed by atoms with E-state index in [9.17, 15) is 18.8 Å². The fraction of sp³-hybridized carbons (Fsp3) is 0.0400. The molecule has 0 spiro atoms. The first-order chi connectivity index (χ1) is 17.8. The molecular weight excluding hydrogens is 503 g/mol. The van der Waals surface area contributed by atoms with Crippen LogP contribution in [0.1, 0.15) is 27.5 Å². The van der Waals surface area contributed by atoms with Crippen molar-refractivity contribution in [3.05, 3.63) is 107 Å². The Morgan fingerprint density at radius 3 is 2.41 bits per heavy atom. The second-order valence-electron chi connectivity index (χ2n) is 7.58. The molecule has 0 fully saturated rings. The summed E-state index contributed by atoms with van der Waals surface area (Å²) < 4.78 is 14.8. The number of carbonyl (C=O) groups is 3. The standard InChI is InChI=1S/C25H18ClFN6O4/c26-19-11-12-20(33-29-14-28-32-33)18(22(19)27)10-13-21(34)31-23(15-4-2-1-3-5-15)24(35)30-17-8-6-16(7-9-17)25(36)37/h1-14,23H,(H,30,35)(H,31,34)(H,36,37)/b13-10+/t23-/m0/s1. The number of amides is 2. The Labute approximate surface area is 214 Å². The molecule has 0 aliphatic heterocycles. The van der Waals surface area contributed by atoms with E-state index in [-0.39, 0.29) is 21.8 Å². The number of hydrogen-bond donors (Lipinski definition) is 3. The number of hydrogen-bond acceptors (Lipinski definition) is 6. The smallest absolute Gasteiger partial charge is 0.335 e. The van der Waals surface area contributed by atoms with Crippen molar-refractivity contribution in [3.63, 3.8) is 0 Å². The summed E-state index contributed by atoms with van der Waals surface area (Å²) in [6, 6.07) is 15.7. The van der Waals surface area contributed by atoms with Crippen molar-refractivity contribution in [2.24, 2.45) is 0 Å². The average molecular weight is 521 g/mol. The SMILES string of the molecule is O=C(/C=C/c1c(-n2ncnn2)ccc(Cl)c1F)N[C@H](C(=O)Nc1ccc(C(=O)O)cc1)c1ccccc1. The van der Waals surface area contributed by atoms with Gasteiger partial charge in [-0.3, -0.25) is 9.59 Å². The van der Waals surface area contributed by atoms with Crippen LogP contribution in [0.25, 0.3) is 11.8 Å². The molecule has 0 aliphatic rings. The molecule has 2 amide bonds. The Morgan fingerprint density at radius 1 is 1.03 bits per heavy atom. The molecule has 4 aromatic rings. The summed E-state index contributed by atoms with van der Waals surface area (Å²) in [4.78, 5) is 38.0. The van der Waals surface area contributed by atoms with E-state index in [4.69, 9.17) is 16.7 Å². The minimum Gasteiger partial charge on any atom is -0.478 e. The Hall–Kier alpha value is -4.90. The molecule has 0 saturated heterocycles. The molecule has 10 nitrogen and oxygen atoms in total. The van der Waals surface area contributed by atoms with Gasteiger partial charge in [-0.15, -0.1) is 15.0 Å². The molecule has 0 radical (unpaired) electrons. The summed E-state index contributed by atoms with van der Waals surface area (Å²) in [6.45, 7) is 0. The minimum absolute atomic E-state index is 0.0557. The second kappa shape index (κ2) is 11.2. The first kappa shape index (κ1) is 25.2. The van der Waals surface area contributed by atoms with E-state index >= 15 is 0 Å². The summed E-state index contributed by atoms with van der Waals surface area (Å²) in [5, 5.41) is 25.3. The number of aromatic nitrogens is 4. The van der Waals surface area contributed by atoms with E-state index in [0.29, 0.717) is 11.3 Å². The second-order valence-corrected chi connectivity index (χ2v) is 7.98. The number of carboxylic acid groups (broad SMARTS) is 1. The number of aromatic carboxylic acids is 1. The number of nitrogens with zero attached hydrogens (tertiary/aromatic N) is 4. The highest BCUT2D eigenvalue weighted by atomic mass is 35.5. The Bertz CT molecular complexity index is 1460. The zero-order valence-electron chi connectivity index (χ0n) is 18.9. The van der Waals surface area contributed by atoms with E-state index in [1.54, 1.807) is 30.3 Å². The third kappa shape index (κ3) is 6.03. The fourth-order valence-electron chi connectivity index (χ4n) is 3.37. The van der Waals surface area contributed by atoms with Crippen molar-refractivity contribution in [2.75, 3.05) is 5.32 Å². The zero-order valence-corrected chi connectivity index (χ0v) is 19.6. The number of nitrogens with one attached hydrogen (secondary N) is 2. The van der Waals surface area contributed by atoms with Crippen LogP contribution in [0.15, 0.2) is 79.1 Å². The normalized spacial score (nSPS) is 11.7. The monoisotopic (exact) mass is 520 g/mol. The number of rotatable bonds is 8. The summed E-state index contributed by atoms with van der Waals surface area (Å²) in [5.41, 5.74) is 1.03. The van der Waals surface area contributed by atoms with Crippen LogP contribution in [0.2, 0.25) is 5.02 Å². The Balaban J connectivity index is 1.57. The van der Waals surface area contributed by atoms with E-state index in [1.807, 2.05) is 0 Å². The maximum absolute atomic E-state index is 14.8. The van der Waals surface area contributed by atoms with Crippen LogP contribution in [0.5, 0.6) is 0 Å². The third-order valence-corrected chi connectivity index (χ3v) is 5.45. The van der Waals surface area contributed by atoms with Gasteiger partial charge in [0, 0.05) is 17.3 Å². The molecule has 3 aromatic carbocycles. The van der Waals surface area contributed by atoms with Gasteiger partial charge in [-0.1, -0.05) is 41.9 Å². The maximum atomic E-state index is 14.8. The molecule has 4 rings (SSSR count). The fourth-order valence-corrected chi connectivity index (χ4v) is 3.54. The van der Waals surface area contributed by atoms with E-state index in [2.05, 4.69) is 26.0 Å². The van der Waals surface area contributed by atoms with Crippen LogP contribution < -0.4 is 10.6 Å². The molecule has 37 heavy (non-hydrogen) atoms. The van der Waals surface area contributed by atoms with E-state index in [1.165, 1.54) is 48.8 Å². The van der Waals surface area contributed by atoms with Crippen molar-refractivity contribution in [2.45, 2.75) is 6.04 Å². The van der Waals surface area contributed by atoms with Gasteiger partial charge in [0.1, 0.15) is 6.04 Å². The number of tetrazole rings is 1. The topological polar surface area (TPSA) is 139 Å². The molecule has 0 saturated carbocycles. The van der Waals surface area contributed by atoms with Crippen LogP contribution in [-0.2, 0) is 9.59 Å². The van der Waals surface area contributed by atoms with Crippen LogP contribution in [-0.4, -0.2) is 43.1 Å². The van der Waals surface area contributed by atoms with Gasteiger partial charge in [-0.2, -0.15) is 0 Å². The van der Waals surface area contributed by atoms with Crippen molar-refractivity contribution in [3.8, 4) is 5.69 Å². The molecule has 1 heterocycles. The predicted molar refractivity (Wildman–Crippen MR) is 133 cm³/mol. The van der Waals surface area contributed by atoms with Gasteiger partial charge in [0.25, 0.3) is 5.91 Å². The number of carboxylic acids is 1. The quantitative estimate of drug-likeness (QED) is 0.301. The minimum atomic E-state index is -1.11. The van der Waals surface area contributed by atoms with Gasteiger partial charge in [-0.25, -0.2) is 9.18 Å². The first-order valence-electron chi connectivity index (χ1n) is 10.7. The highest BCUT2D eigenvalue weighted by molar-refractivity contribution is 6.31. The summed E-state index contributed by atoms with van der Waals surface area (Å²) >= 11 is 5.91. The highest BCUT2D eigenvalue weighted by Gasteiger charge is 2.22. The lowest BCUT2D eigenvalue weighted by atomic mass is 10.1. The molecule has 12 heteroatoms. The van der Waals surface area contributed by atoms with Crippen LogP contribution in [0, 0.1) is 5.82 Å². The average Bonchev–Trinajstić information content (AvgIpc) is 3.43. The molecule has 1 atom stereocenters. The van der Waals surface area contributed by atoms with Crippen molar-refractivity contribution in [1.82, 2.24) is 25.5 Å². The molecule has 3 N–H and O–H groups in total. The van der Waals surface area contributed by atoms with Crippen LogP contribution in [0.3, 0.4) is 0 Å².